The van der Waals surface area contributed by atoms with Crippen LogP contribution in [0, 0.1) is 0 Å². The molecule has 0 radical (unpaired) electrons. The molecule has 7 heteroatoms. The maximum Gasteiger partial charge on any atom is 0.325 e. The van der Waals surface area contributed by atoms with Crippen molar-refractivity contribution in [1.82, 2.24) is 9.88 Å². The number of likely N-dealkylation sites (tertiary alicyclic amines) is 1. The van der Waals surface area contributed by atoms with Gasteiger partial charge in [0.2, 0.25) is 0 Å². The number of aryl methyl sites for hydroxylation is 1. The molecule has 194 valence electrons. The van der Waals surface area contributed by atoms with E-state index >= 15 is 0 Å². The Morgan fingerprint density at radius 1 is 1.19 bits per heavy atom. The van der Waals surface area contributed by atoms with Gasteiger partial charge in [0.25, 0.3) is 0 Å². The van der Waals surface area contributed by atoms with Crippen molar-refractivity contribution in [3.05, 3.63) is 58.8 Å². The van der Waals surface area contributed by atoms with Crippen LogP contribution in [0.2, 0.25) is 0 Å². The average molecular weight is 494 g/mol. The molecule has 0 amide bonds. The van der Waals surface area contributed by atoms with E-state index in [-0.39, 0.29) is 6.10 Å². The van der Waals surface area contributed by atoms with Crippen LogP contribution in [-0.2, 0) is 32.7 Å². The van der Waals surface area contributed by atoms with Gasteiger partial charge in [0.05, 0.1) is 18.3 Å². The third kappa shape index (κ3) is 5.43. The SMILES string of the molecule is CC1(C)OCCc2cccc(C(C(=O)O)N3CC(OCCCCCC4CCc5cccnc5N4)C3)c21. The summed E-state index contributed by atoms with van der Waals surface area (Å²) in [5, 5.41) is 13.7. The molecule has 1 aromatic heterocycles. The Morgan fingerprint density at radius 3 is 2.86 bits per heavy atom. The molecule has 7 nitrogen and oxygen atoms in total. The Kier molecular flexibility index (Phi) is 7.60. The number of carboxylic acid groups (broad SMARTS) is 1. The van der Waals surface area contributed by atoms with Gasteiger partial charge < -0.3 is 19.9 Å². The van der Waals surface area contributed by atoms with Crippen LogP contribution in [0.1, 0.15) is 74.2 Å². The molecular formula is C29H39N3O4. The van der Waals surface area contributed by atoms with E-state index in [1.807, 2.05) is 43.1 Å². The van der Waals surface area contributed by atoms with Crippen molar-refractivity contribution < 1.29 is 19.4 Å². The van der Waals surface area contributed by atoms with E-state index in [2.05, 4.69) is 22.4 Å². The standard InChI is InChI=1S/C29H39N3O4/c1-29(2)25-20(14-17-36-29)8-6-11-24(25)26(28(33)34)32-18-23(19-32)35-16-5-3-4-10-22-13-12-21-9-7-15-30-27(21)31-22/h6-9,11,15,22-23,26H,3-5,10,12-14,16-19H2,1-2H3,(H,30,31)(H,33,34). The first kappa shape index (κ1) is 25.2. The van der Waals surface area contributed by atoms with Crippen LogP contribution in [-0.4, -0.2) is 59.4 Å². The molecule has 36 heavy (non-hydrogen) atoms. The lowest BCUT2D eigenvalue weighted by molar-refractivity contribution is -0.151. The van der Waals surface area contributed by atoms with E-state index in [9.17, 15) is 9.90 Å². The number of carboxylic acids is 1. The fourth-order valence-electron chi connectivity index (χ4n) is 6.05. The van der Waals surface area contributed by atoms with Gasteiger partial charge in [0, 0.05) is 31.9 Å². The Bertz CT molecular complexity index is 1070. The summed E-state index contributed by atoms with van der Waals surface area (Å²) in [6.45, 7) is 6.79. The molecule has 1 fully saturated rings. The Hall–Kier alpha value is -2.48. The number of hydrogen-bond acceptors (Lipinski definition) is 6. The van der Waals surface area contributed by atoms with Crippen LogP contribution >= 0.6 is 0 Å². The van der Waals surface area contributed by atoms with E-state index in [0.717, 1.165) is 55.7 Å². The summed E-state index contributed by atoms with van der Waals surface area (Å²) in [6.07, 6.45) is 9.60. The molecule has 2 atom stereocenters. The molecule has 4 heterocycles. The summed E-state index contributed by atoms with van der Waals surface area (Å²) in [5.41, 5.74) is 3.95. The van der Waals surface area contributed by atoms with Crippen molar-refractivity contribution in [2.45, 2.75) is 82.6 Å². The minimum absolute atomic E-state index is 0.109. The number of nitrogens with one attached hydrogen (secondary N) is 1. The minimum atomic E-state index is -0.808. The second-order valence-corrected chi connectivity index (χ2v) is 10.9. The number of pyridine rings is 1. The average Bonchev–Trinajstić information content (AvgIpc) is 2.83. The number of aliphatic carboxylic acids is 1. The highest BCUT2D eigenvalue weighted by atomic mass is 16.5. The number of rotatable bonds is 10. The summed E-state index contributed by atoms with van der Waals surface area (Å²) in [4.78, 5) is 18.8. The summed E-state index contributed by atoms with van der Waals surface area (Å²) >= 11 is 0. The first-order valence-electron chi connectivity index (χ1n) is 13.5. The Balaban J connectivity index is 1.05. The van der Waals surface area contributed by atoms with Gasteiger partial charge in [-0.05, 0) is 74.3 Å². The van der Waals surface area contributed by atoms with Gasteiger partial charge in [-0.25, -0.2) is 4.98 Å². The number of anilines is 1. The zero-order chi connectivity index (χ0) is 25.1. The van der Waals surface area contributed by atoms with E-state index < -0.39 is 17.6 Å². The highest BCUT2D eigenvalue weighted by Crippen LogP contribution is 2.40. The highest BCUT2D eigenvalue weighted by molar-refractivity contribution is 5.77. The van der Waals surface area contributed by atoms with E-state index in [0.29, 0.717) is 25.7 Å². The van der Waals surface area contributed by atoms with Gasteiger partial charge in [0.1, 0.15) is 11.9 Å². The first-order valence-corrected chi connectivity index (χ1v) is 13.5. The second-order valence-electron chi connectivity index (χ2n) is 10.9. The third-order valence-corrected chi connectivity index (χ3v) is 7.93. The van der Waals surface area contributed by atoms with Gasteiger partial charge in [-0.3, -0.25) is 9.69 Å². The van der Waals surface area contributed by atoms with Crippen molar-refractivity contribution in [2.75, 3.05) is 31.6 Å². The van der Waals surface area contributed by atoms with Crippen molar-refractivity contribution in [3.8, 4) is 0 Å². The van der Waals surface area contributed by atoms with E-state index in [1.165, 1.54) is 24.0 Å². The maximum atomic E-state index is 12.3. The van der Waals surface area contributed by atoms with Crippen molar-refractivity contribution in [3.63, 3.8) is 0 Å². The van der Waals surface area contributed by atoms with Gasteiger partial charge in [-0.15, -0.1) is 0 Å². The van der Waals surface area contributed by atoms with Gasteiger partial charge in [-0.2, -0.15) is 0 Å². The number of hydrogen-bond donors (Lipinski definition) is 2. The van der Waals surface area contributed by atoms with Crippen molar-refractivity contribution >= 4 is 11.8 Å². The smallest absolute Gasteiger partial charge is 0.325 e. The summed E-state index contributed by atoms with van der Waals surface area (Å²) < 4.78 is 12.1. The number of unbranched alkanes of at least 4 members (excludes halogenated alkanes) is 2. The fourth-order valence-corrected chi connectivity index (χ4v) is 6.05. The molecule has 0 bridgehead atoms. The maximum absolute atomic E-state index is 12.3. The Labute approximate surface area is 214 Å². The molecule has 3 aliphatic heterocycles. The molecule has 2 aromatic rings. The number of ether oxygens (including phenoxy) is 2. The van der Waals surface area contributed by atoms with Gasteiger partial charge in [-0.1, -0.05) is 37.1 Å². The Morgan fingerprint density at radius 2 is 2.03 bits per heavy atom. The lowest BCUT2D eigenvalue weighted by Gasteiger charge is -2.44. The molecule has 3 aliphatic rings. The van der Waals surface area contributed by atoms with Crippen molar-refractivity contribution in [2.24, 2.45) is 0 Å². The number of carbonyl (C=O) groups is 1. The summed E-state index contributed by atoms with van der Waals surface area (Å²) in [6, 6.07) is 10.1. The zero-order valence-corrected chi connectivity index (χ0v) is 21.5. The number of benzene rings is 1. The van der Waals surface area contributed by atoms with Crippen LogP contribution in [0.4, 0.5) is 5.82 Å². The number of fused-ring (bicyclic) bond motifs is 2. The minimum Gasteiger partial charge on any atom is -0.480 e. The monoisotopic (exact) mass is 493 g/mol. The molecule has 1 aromatic carbocycles. The largest absolute Gasteiger partial charge is 0.480 e. The molecule has 0 aliphatic carbocycles. The van der Waals surface area contributed by atoms with Gasteiger partial charge >= 0.3 is 5.97 Å². The van der Waals surface area contributed by atoms with Crippen LogP contribution in [0.15, 0.2) is 36.5 Å². The van der Waals surface area contributed by atoms with Crippen LogP contribution in [0.5, 0.6) is 0 Å². The molecule has 1 saturated heterocycles. The van der Waals surface area contributed by atoms with E-state index in [1.54, 1.807) is 0 Å². The van der Waals surface area contributed by atoms with Gasteiger partial charge in [0.15, 0.2) is 0 Å². The molecule has 5 rings (SSSR count). The van der Waals surface area contributed by atoms with Crippen LogP contribution < -0.4 is 5.32 Å². The second kappa shape index (κ2) is 10.9. The van der Waals surface area contributed by atoms with Crippen LogP contribution in [0.3, 0.4) is 0 Å². The number of nitrogens with zero attached hydrogens (tertiary/aromatic N) is 2. The molecule has 2 N–H and O–H groups in total. The van der Waals surface area contributed by atoms with E-state index in [4.69, 9.17) is 9.47 Å². The van der Waals surface area contributed by atoms with Crippen LogP contribution in [0.25, 0.3) is 0 Å². The highest BCUT2D eigenvalue weighted by Gasteiger charge is 2.41. The summed E-state index contributed by atoms with van der Waals surface area (Å²) in [7, 11) is 0. The van der Waals surface area contributed by atoms with Crippen molar-refractivity contribution in [1.29, 1.82) is 0 Å². The number of aromatic nitrogens is 1. The summed E-state index contributed by atoms with van der Waals surface area (Å²) in [5.74, 6) is 0.246. The quantitative estimate of drug-likeness (QED) is 0.464. The zero-order valence-electron chi connectivity index (χ0n) is 21.5. The molecule has 0 saturated carbocycles. The predicted molar refractivity (Wildman–Crippen MR) is 139 cm³/mol. The molecular weight excluding hydrogens is 454 g/mol. The normalized spacial score (nSPS) is 22.1. The molecule has 2 unspecified atom stereocenters. The fraction of sp³-hybridized carbons (Fsp3) is 0.586. The third-order valence-electron chi connectivity index (χ3n) is 7.93. The lowest BCUT2D eigenvalue weighted by atomic mass is 9.82. The predicted octanol–water partition coefficient (Wildman–Crippen LogP) is 4.70. The lowest BCUT2D eigenvalue weighted by Crippen LogP contribution is -2.55. The first-order chi connectivity index (χ1) is 17.4. The topological polar surface area (TPSA) is 83.9 Å². The molecule has 0 spiro atoms.